The van der Waals surface area contributed by atoms with Crippen LogP contribution in [0.4, 0.5) is 17.1 Å². The van der Waals surface area contributed by atoms with Gasteiger partial charge in [-0.15, -0.1) is 0 Å². The van der Waals surface area contributed by atoms with Crippen molar-refractivity contribution < 1.29 is 9.59 Å². The second kappa shape index (κ2) is 6.68. The number of aromatic nitrogens is 2. The Morgan fingerprint density at radius 3 is 2.60 bits per heavy atom. The fourth-order valence-electron chi connectivity index (χ4n) is 3.21. The number of amides is 2. The van der Waals surface area contributed by atoms with Gasteiger partial charge >= 0.3 is 0 Å². The summed E-state index contributed by atoms with van der Waals surface area (Å²) in [5.41, 5.74) is 2.89. The predicted molar refractivity (Wildman–Crippen MR) is 97.3 cm³/mol. The molecule has 2 heterocycles. The van der Waals surface area contributed by atoms with E-state index in [1.165, 1.54) is 4.68 Å². The summed E-state index contributed by atoms with van der Waals surface area (Å²) in [6.07, 6.45) is 0. The molecule has 1 aromatic heterocycles. The molecule has 25 heavy (non-hydrogen) atoms. The Kier molecular flexibility index (Phi) is 4.59. The fourth-order valence-corrected chi connectivity index (χ4v) is 3.21. The number of benzene rings is 1. The number of hydrogen-bond acceptors (Lipinski definition) is 4. The van der Waals surface area contributed by atoms with Crippen LogP contribution in [-0.4, -0.2) is 46.1 Å². The molecule has 0 unspecified atom stereocenters. The van der Waals surface area contributed by atoms with Crippen molar-refractivity contribution in [2.45, 2.75) is 20.8 Å². The summed E-state index contributed by atoms with van der Waals surface area (Å²) < 4.78 is 1.53. The lowest BCUT2D eigenvalue weighted by atomic mass is 10.2. The van der Waals surface area contributed by atoms with Gasteiger partial charge in [-0.05, 0) is 32.1 Å². The third-order valence-electron chi connectivity index (χ3n) is 4.53. The first-order valence-corrected chi connectivity index (χ1v) is 8.47. The zero-order valence-electron chi connectivity index (χ0n) is 15.0. The van der Waals surface area contributed by atoms with Gasteiger partial charge in [0.25, 0.3) is 5.91 Å². The summed E-state index contributed by atoms with van der Waals surface area (Å²) >= 11 is 0. The summed E-state index contributed by atoms with van der Waals surface area (Å²) in [6, 6.07) is 7.35. The van der Waals surface area contributed by atoms with Gasteiger partial charge in [0.05, 0.1) is 23.6 Å². The van der Waals surface area contributed by atoms with E-state index in [0.29, 0.717) is 28.5 Å². The number of carbonyl (C=O) groups excluding carboxylic acids is 2. The van der Waals surface area contributed by atoms with E-state index in [2.05, 4.69) is 15.3 Å². The van der Waals surface area contributed by atoms with Crippen molar-refractivity contribution >= 4 is 28.9 Å². The van der Waals surface area contributed by atoms with Gasteiger partial charge < -0.3 is 5.32 Å². The second-order valence-corrected chi connectivity index (χ2v) is 6.07. The average molecular weight is 341 g/mol. The zero-order chi connectivity index (χ0) is 18.1. The Balaban J connectivity index is 2.17. The fraction of sp³-hybridized carbons (Fsp3) is 0.389. The van der Waals surface area contributed by atoms with Crippen LogP contribution in [0.2, 0.25) is 0 Å². The molecule has 1 aromatic carbocycles. The molecule has 0 bridgehead atoms. The Morgan fingerprint density at radius 2 is 1.92 bits per heavy atom. The zero-order valence-corrected chi connectivity index (χ0v) is 15.0. The third kappa shape index (κ3) is 2.91. The van der Waals surface area contributed by atoms with Crippen LogP contribution in [-0.2, 0) is 11.8 Å². The standard InChI is InChI=1S/C18H23N5O2/c1-5-22(6-2)11-15(24)23-14-10-8-7-9-13(14)19-18(25)17-16(23)12(3)20-21(17)4/h7-10H,5-6,11H2,1-4H3,(H,19,25). The van der Waals surface area contributed by atoms with Gasteiger partial charge in [-0.2, -0.15) is 5.10 Å². The summed E-state index contributed by atoms with van der Waals surface area (Å²) in [7, 11) is 1.72. The maximum Gasteiger partial charge on any atom is 0.276 e. The number of aryl methyl sites for hydroxylation is 2. The number of hydrogen-bond donors (Lipinski definition) is 1. The highest BCUT2D eigenvalue weighted by atomic mass is 16.2. The highest BCUT2D eigenvalue weighted by Crippen LogP contribution is 2.39. The molecule has 0 aliphatic carbocycles. The first kappa shape index (κ1) is 17.2. The van der Waals surface area contributed by atoms with E-state index in [-0.39, 0.29) is 18.4 Å². The van der Waals surface area contributed by atoms with Gasteiger partial charge in [0.2, 0.25) is 5.91 Å². The summed E-state index contributed by atoms with van der Waals surface area (Å²) in [5, 5.41) is 7.25. The van der Waals surface area contributed by atoms with Gasteiger partial charge in [-0.25, -0.2) is 0 Å². The molecule has 0 atom stereocenters. The Bertz CT molecular complexity index is 823. The van der Waals surface area contributed by atoms with E-state index in [4.69, 9.17) is 0 Å². The van der Waals surface area contributed by atoms with E-state index < -0.39 is 0 Å². The van der Waals surface area contributed by atoms with Gasteiger partial charge in [0.1, 0.15) is 5.69 Å². The number of anilines is 3. The number of rotatable bonds is 4. The minimum Gasteiger partial charge on any atom is -0.319 e. The molecule has 0 saturated carbocycles. The summed E-state index contributed by atoms with van der Waals surface area (Å²) in [6.45, 7) is 7.72. The Labute approximate surface area is 147 Å². The molecular formula is C18H23N5O2. The highest BCUT2D eigenvalue weighted by molar-refractivity contribution is 6.17. The smallest absolute Gasteiger partial charge is 0.276 e. The molecule has 1 N–H and O–H groups in total. The maximum absolute atomic E-state index is 13.2. The maximum atomic E-state index is 13.2. The van der Waals surface area contributed by atoms with Crippen LogP contribution < -0.4 is 10.2 Å². The monoisotopic (exact) mass is 341 g/mol. The first-order chi connectivity index (χ1) is 12.0. The van der Waals surface area contributed by atoms with E-state index in [1.807, 2.05) is 39.0 Å². The Hall–Kier alpha value is -2.67. The minimum atomic E-state index is -0.260. The second-order valence-electron chi connectivity index (χ2n) is 6.07. The number of carbonyl (C=O) groups is 2. The number of fused-ring (bicyclic) bond motifs is 2. The predicted octanol–water partition coefficient (Wildman–Crippen LogP) is 2.30. The van der Waals surface area contributed by atoms with Crippen molar-refractivity contribution in [1.82, 2.24) is 14.7 Å². The number of nitrogens with zero attached hydrogens (tertiary/aromatic N) is 4. The number of para-hydroxylation sites is 2. The van der Waals surface area contributed by atoms with Crippen LogP contribution in [0.1, 0.15) is 30.0 Å². The molecule has 2 aromatic rings. The first-order valence-electron chi connectivity index (χ1n) is 8.47. The third-order valence-corrected chi connectivity index (χ3v) is 4.53. The van der Waals surface area contributed by atoms with Crippen molar-refractivity contribution in [3.8, 4) is 0 Å². The summed E-state index contributed by atoms with van der Waals surface area (Å²) in [4.78, 5) is 29.5. The molecule has 1 aliphatic rings. The van der Waals surface area contributed by atoms with Crippen molar-refractivity contribution in [2.24, 2.45) is 7.05 Å². The molecule has 0 radical (unpaired) electrons. The normalized spacial score (nSPS) is 13.3. The van der Waals surface area contributed by atoms with Crippen molar-refractivity contribution in [3.63, 3.8) is 0 Å². The van der Waals surface area contributed by atoms with Crippen LogP contribution >= 0.6 is 0 Å². The van der Waals surface area contributed by atoms with Gasteiger partial charge in [-0.3, -0.25) is 24.1 Å². The van der Waals surface area contributed by atoms with Gasteiger partial charge in [-0.1, -0.05) is 26.0 Å². The molecule has 7 heteroatoms. The molecule has 0 spiro atoms. The van der Waals surface area contributed by atoms with Gasteiger partial charge in [0, 0.05) is 7.05 Å². The quantitative estimate of drug-likeness (QED) is 0.926. The van der Waals surface area contributed by atoms with Crippen molar-refractivity contribution in [3.05, 3.63) is 35.7 Å². The van der Waals surface area contributed by atoms with E-state index >= 15 is 0 Å². The molecule has 7 nitrogen and oxygen atoms in total. The SMILES string of the molecule is CCN(CC)CC(=O)N1c2ccccc2NC(=O)c2c1c(C)nn2C. The van der Waals surface area contributed by atoms with Crippen molar-refractivity contribution in [2.75, 3.05) is 29.9 Å². The van der Waals surface area contributed by atoms with Crippen LogP contribution in [0.25, 0.3) is 0 Å². The van der Waals surface area contributed by atoms with Crippen LogP contribution in [0.15, 0.2) is 24.3 Å². The lowest BCUT2D eigenvalue weighted by Crippen LogP contribution is -2.38. The van der Waals surface area contributed by atoms with Crippen LogP contribution in [0, 0.1) is 6.92 Å². The molecule has 0 saturated heterocycles. The highest BCUT2D eigenvalue weighted by Gasteiger charge is 2.34. The van der Waals surface area contributed by atoms with Crippen molar-refractivity contribution in [1.29, 1.82) is 0 Å². The lowest BCUT2D eigenvalue weighted by Gasteiger charge is -2.26. The molecule has 2 amide bonds. The van der Waals surface area contributed by atoms with E-state index in [0.717, 1.165) is 13.1 Å². The van der Waals surface area contributed by atoms with Crippen LogP contribution in [0.5, 0.6) is 0 Å². The minimum absolute atomic E-state index is 0.0787. The molecule has 132 valence electrons. The molecule has 1 aliphatic heterocycles. The lowest BCUT2D eigenvalue weighted by molar-refractivity contribution is -0.119. The van der Waals surface area contributed by atoms with E-state index in [9.17, 15) is 9.59 Å². The molecular weight excluding hydrogens is 318 g/mol. The molecule has 3 rings (SSSR count). The number of likely N-dealkylation sites (N-methyl/N-ethyl adjacent to an activating group) is 1. The number of nitrogens with one attached hydrogen (secondary N) is 1. The Morgan fingerprint density at radius 1 is 1.24 bits per heavy atom. The molecule has 0 fully saturated rings. The average Bonchev–Trinajstić information content (AvgIpc) is 2.80. The van der Waals surface area contributed by atoms with Gasteiger partial charge in [0.15, 0.2) is 5.69 Å². The topological polar surface area (TPSA) is 70.5 Å². The summed E-state index contributed by atoms with van der Waals surface area (Å²) in [5.74, 6) is -0.339. The van der Waals surface area contributed by atoms with E-state index in [1.54, 1.807) is 18.0 Å². The van der Waals surface area contributed by atoms with Crippen LogP contribution in [0.3, 0.4) is 0 Å². The largest absolute Gasteiger partial charge is 0.319 e.